The molecule has 30 heavy (non-hydrogen) atoms. The molecule has 2 fully saturated rings. The van der Waals surface area contributed by atoms with E-state index in [-0.39, 0.29) is 41.6 Å². The van der Waals surface area contributed by atoms with E-state index in [1.165, 1.54) is 12.5 Å². The zero-order valence-electron chi connectivity index (χ0n) is 17.4. The van der Waals surface area contributed by atoms with E-state index >= 15 is 0 Å². The Kier molecular flexibility index (Phi) is 10.1. The number of nitrogens with zero attached hydrogens (tertiary/aromatic N) is 2. The molecule has 1 heterocycles. The van der Waals surface area contributed by atoms with Crippen molar-refractivity contribution in [3.63, 3.8) is 0 Å². The smallest absolute Gasteiger partial charge is 0.213 e. The molecule has 0 bridgehead atoms. The Morgan fingerprint density at radius 1 is 1.27 bits per heavy atom. The minimum atomic E-state index is -3.28. The molecule has 0 spiro atoms. The van der Waals surface area contributed by atoms with E-state index in [9.17, 15) is 12.8 Å². The second-order valence-electron chi connectivity index (χ2n) is 7.87. The van der Waals surface area contributed by atoms with Crippen LogP contribution in [0.15, 0.2) is 29.3 Å². The summed E-state index contributed by atoms with van der Waals surface area (Å²) in [6.07, 6.45) is 5.41. The molecule has 7 nitrogen and oxygen atoms in total. The van der Waals surface area contributed by atoms with Crippen LogP contribution >= 0.6 is 24.0 Å². The van der Waals surface area contributed by atoms with Gasteiger partial charge in [-0.2, -0.15) is 0 Å². The Bertz CT molecular complexity index is 804. The van der Waals surface area contributed by atoms with E-state index in [0.717, 1.165) is 44.5 Å². The summed E-state index contributed by atoms with van der Waals surface area (Å²) in [6.45, 7) is 2.47. The number of rotatable bonds is 8. The van der Waals surface area contributed by atoms with Gasteiger partial charge >= 0.3 is 0 Å². The largest absolute Gasteiger partial charge is 0.369 e. The molecule has 10 heteroatoms. The van der Waals surface area contributed by atoms with Crippen molar-refractivity contribution in [2.45, 2.75) is 38.1 Å². The van der Waals surface area contributed by atoms with Crippen LogP contribution in [0.2, 0.25) is 0 Å². The van der Waals surface area contributed by atoms with Crippen molar-refractivity contribution in [3.8, 4) is 0 Å². The second-order valence-corrected chi connectivity index (χ2v) is 9.80. The number of nitrogens with one attached hydrogen (secondary N) is 3. The van der Waals surface area contributed by atoms with Crippen molar-refractivity contribution in [1.29, 1.82) is 0 Å². The fourth-order valence-corrected chi connectivity index (χ4v) is 4.71. The van der Waals surface area contributed by atoms with Crippen LogP contribution in [0.3, 0.4) is 0 Å². The number of piperidine rings is 1. The zero-order valence-corrected chi connectivity index (χ0v) is 20.6. The van der Waals surface area contributed by atoms with Crippen molar-refractivity contribution >= 4 is 45.6 Å². The van der Waals surface area contributed by atoms with Crippen molar-refractivity contribution in [2.24, 2.45) is 10.9 Å². The fourth-order valence-electron chi connectivity index (χ4n) is 3.71. The first-order valence-electron chi connectivity index (χ1n) is 10.4. The monoisotopic (exact) mass is 553 g/mol. The van der Waals surface area contributed by atoms with Gasteiger partial charge in [0.25, 0.3) is 0 Å². The maximum Gasteiger partial charge on any atom is 0.213 e. The summed E-state index contributed by atoms with van der Waals surface area (Å²) in [5.41, 5.74) is 0.878. The molecule has 0 radical (unpaired) electrons. The molecule has 3 rings (SSSR count). The predicted molar refractivity (Wildman–Crippen MR) is 131 cm³/mol. The van der Waals surface area contributed by atoms with Crippen molar-refractivity contribution in [2.75, 3.05) is 43.9 Å². The van der Waals surface area contributed by atoms with Crippen LogP contribution in [-0.2, 0) is 10.0 Å². The second kappa shape index (κ2) is 12.0. The van der Waals surface area contributed by atoms with Gasteiger partial charge in [-0.25, -0.2) is 17.5 Å². The lowest BCUT2D eigenvalue weighted by molar-refractivity contribution is 0.316. The molecular weight excluding hydrogens is 520 g/mol. The van der Waals surface area contributed by atoms with Crippen LogP contribution in [-0.4, -0.2) is 59.4 Å². The van der Waals surface area contributed by atoms with Crippen molar-refractivity contribution in [1.82, 2.24) is 15.4 Å². The highest BCUT2D eigenvalue weighted by atomic mass is 127. The van der Waals surface area contributed by atoms with Gasteiger partial charge < -0.3 is 15.5 Å². The third-order valence-electron chi connectivity index (χ3n) is 5.64. The summed E-state index contributed by atoms with van der Waals surface area (Å²) in [4.78, 5) is 6.37. The molecule has 1 aromatic rings. The molecule has 1 aliphatic heterocycles. The van der Waals surface area contributed by atoms with Crippen LogP contribution in [0.25, 0.3) is 0 Å². The maximum absolute atomic E-state index is 13.5. The summed E-state index contributed by atoms with van der Waals surface area (Å²) in [7, 11) is -1.61. The van der Waals surface area contributed by atoms with Gasteiger partial charge in [-0.05, 0) is 49.8 Å². The van der Waals surface area contributed by atoms with Crippen molar-refractivity contribution < 1.29 is 12.8 Å². The van der Waals surface area contributed by atoms with Gasteiger partial charge in [-0.15, -0.1) is 24.0 Å². The number of anilines is 1. The fraction of sp³-hybridized carbons (Fsp3) is 0.650. The molecule has 1 aromatic carbocycles. The quantitative estimate of drug-likeness (QED) is 0.262. The van der Waals surface area contributed by atoms with Crippen LogP contribution in [0.1, 0.15) is 32.1 Å². The van der Waals surface area contributed by atoms with Crippen LogP contribution in [0.5, 0.6) is 0 Å². The van der Waals surface area contributed by atoms with E-state index in [1.54, 1.807) is 19.2 Å². The van der Waals surface area contributed by atoms with E-state index in [4.69, 9.17) is 0 Å². The SMILES string of the molecule is CN=C(NCCS(=O)(=O)NCC1CCC1)NC1CCCN(c2cccc(F)c2)C1.I. The molecule has 170 valence electrons. The van der Waals surface area contributed by atoms with Gasteiger partial charge in [0.05, 0.1) is 5.75 Å². The highest BCUT2D eigenvalue weighted by Gasteiger charge is 2.22. The van der Waals surface area contributed by atoms with E-state index < -0.39 is 10.0 Å². The highest BCUT2D eigenvalue weighted by Crippen LogP contribution is 2.25. The number of guanidine groups is 1. The number of hydrogen-bond acceptors (Lipinski definition) is 4. The Labute approximate surface area is 196 Å². The summed E-state index contributed by atoms with van der Waals surface area (Å²) >= 11 is 0. The Balaban J connectivity index is 0.00000320. The zero-order chi connectivity index (χ0) is 20.7. The van der Waals surface area contributed by atoms with E-state index in [2.05, 4.69) is 25.2 Å². The van der Waals surface area contributed by atoms with E-state index in [0.29, 0.717) is 25.0 Å². The lowest BCUT2D eigenvalue weighted by Crippen LogP contribution is -2.52. The third-order valence-corrected chi connectivity index (χ3v) is 6.99. The molecule has 1 saturated heterocycles. The lowest BCUT2D eigenvalue weighted by Gasteiger charge is -2.35. The molecule has 0 aromatic heterocycles. The number of hydrogen-bond donors (Lipinski definition) is 3. The molecule has 2 aliphatic rings. The van der Waals surface area contributed by atoms with Gasteiger partial charge in [0.2, 0.25) is 10.0 Å². The molecule has 1 unspecified atom stereocenters. The van der Waals surface area contributed by atoms with Gasteiger partial charge in [-0.1, -0.05) is 12.5 Å². The van der Waals surface area contributed by atoms with Crippen molar-refractivity contribution in [3.05, 3.63) is 30.1 Å². The van der Waals surface area contributed by atoms with Crippen LogP contribution < -0.4 is 20.3 Å². The summed E-state index contributed by atoms with van der Waals surface area (Å²) in [6, 6.07) is 6.80. The van der Waals surface area contributed by atoms with Gasteiger partial charge in [0, 0.05) is 45.0 Å². The van der Waals surface area contributed by atoms with Gasteiger partial charge in [0.15, 0.2) is 5.96 Å². The predicted octanol–water partition coefficient (Wildman–Crippen LogP) is 2.30. The topological polar surface area (TPSA) is 85.8 Å². The van der Waals surface area contributed by atoms with Crippen LogP contribution in [0.4, 0.5) is 10.1 Å². The Morgan fingerprint density at radius 2 is 2.07 bits per heavy atom. The Morgan fingerprint density at radius 3 is 2.73 bits per heavy atom. The number of sulfonamides is 1. The summed E-state index contributed by atoms with van der Waals surface area (Å²) < 4.78 is 40.4. The lowest BCUT2D eigenvalue weighted by atomic mass is 9.86. The Hall–Kier alpha value is -1.14. The number of halogens is 2. The molecule has 3 N–H and O–H groups in total. The molecular formula is C20H33FIN5O2S. The summed E-state index contributed by atoms with van der Waals surface area (Å²) in [5, 5.41) is 6.46. The maximum atomic E-state index is 13.5. The number of benzene rings is 1. The van der Waals surface area contributed by atoms with Gasteiger partial charge in [0.1, 0.15) is 5.82 Å². The third kappa shape index (κ3) is 7.84. The average molecular weight is 553 g/mol. The summed E-state index contributed by atoms with van der Waals surface area (Å²) in [5.74, 6) is 0.868. The minimum absolute atomic E-state index is 0. The average Bonchev–Trinajstić information content (AvgIpc) is 2.66. The minimum Gasteiger partial charge on any atom is -0.369 e. The normalized spacial score (nSPS) is 20.3. The molecule has 1 aliphatic carbocycles. The first kappa shape index (κ1) is 25.1. The first-order valence-corrected chi connectivity index (χ1v) is 12.1. The molecule has 0 amide bonds. The molecule has 1 saturated carbocycles. The van der Waals surface area contributed by atoms with E-state index in [1.807, 2.05) is 6.07 Å². The van der Waals surface area contributed by atoms with Gasteiger partial charge in [-0.3, -0.25) is 4.99 Å². The van der Waals surface area contributed by atoms with Crippen LogP contribution in [0, 0.1) is 11.7 Å². The highest BCUT2D eigenvalue weighted by molar-refractivity contribution is 14.0. The standard InChI is InChI=1S/C20H32FN5O2S.HI/c1-22-20(23-10-12-29(27,28)24-14-16-5-2-6-16)25-18-8-4-11-26(15-18)19-9-3-7-17(21)13-19;/h3,7,9,13,16,18,24H,2,4-6,8,10-12,14-15H2,1H3,(H2,22,23,25);1H. The molecule has 1 atom stereocenters. The number of aliphatic imine (C=N–C) groups is 1. The first-order chi connectivity index (χ1) is 13.9.